The van der Waals surface area contributed by atoms with Gasteiger partial charge in [0.25, 0.3) is 0 Å². The van der Waals surface area contributed by atoms with Gasteiger partial charge in [-0.3, -0.25) is 4.79 Å². The standard InChI is InChI=1S/C22H34F3N3O5S2/c1-4-26(18(2)16-19-8-10-20(11-9-19)34(3,30)31)12-5-6-13-27-14-7-15-28(17-21(27)29)35(32,33)22(23,24)25/h8-11,18H,4-7,12-17H2,1-3H3. The summed E-state index contributed by atoms with van der Waals surface area (Å²) >= 11 is 0. The van der Waals surface area contributed by atoms with Crippen molar-refractivity contribution < 1.29 is 34.8 Å². The Kier molecular flexibility index (Phi) is 10.1. The molecule has 0 radical (unpaired) electrons. The van der Waals surface area contributed by atoms with Crippen LogP contribution >= 0.6 is 0 Å². The third-order valence-corrected chi connectivity index (χ3v) is 8.87. The lowest BCUT2D eigenvalue weighted by Crippen LogP contribution is -2.44. The SMILES string of the molecule is CCN(CCCCN1CCCN(S(=O)(=O)C(F)(F)F)CC1=O)C(C)Cc1ccc(S(C)(=O)=O)cc1. The lowest BCUT2D eigenvalue weighted by Gasteiger charge is -2.28. The number of hydrogen-bond donors (Lipinski definition) is 0. The molecule has 0 saturated carbocycles. The van der Waals surface area contributed by atoms with E-state index in [0.29, 0.717) is 13.0 Å². The van der Waals surface area contributed by atoms with E-state index in [1.165, 1.54) is 11.2 Å². The number of likely N-dealkylation sites (N-methyl/N-ethyl adjacent to an activating group) is 1. The molecule has 1 atom stereocenters. The van der Waals surface area contributed by atoms with Gasteiger partial charge in [-0.05, 0) is 63.4 Å². The highest BCUT2D eigenvalue weighted by molar-refractivity contribution is 7.90. The molecule has 13 heteroatoms. The van der Waals surface area contributed by atoms with E-state index in [0.717, 1.165) is 31.5 Å². The van der Waals surface area contributed by atoms with E-state index in [4.69, 9.17) is 0 Å². The van der Waals surface area contributed by atoms with Crippen molar-refractivity contribution in [2.24, 2.45) is 0 Å². The van der Waals surface area contributed by atoms with E-state index in [2.05, 4.69) is 11.8 Å². The lowest BCUT2D eigenvalue weighted by atomic mass is 10.1. The molecule has 1 aliphatic rings. The van der Waals surface area contributed by atoms with E-state index in [9.17, 15) is 34.8 Å². The lowest BCUT2D eigenvalue weighted by molar-refractivity contribution is -0.130. The monoisotopic (exact) mass is 541 g/mol. The molecule has 1 aromatic rings. The number of unbranched alkanes of at least 4 members (excludes halogenated alkanes) is 1. The molecular weight excluding hydrogens is 507 g/mol. The van der Waals surface area contributed by atoms with Crippen LogP contribution in [-0.4, -0.2) is 93.9 Å². The van der Waals surface area contributed by atoms with Gasteiger partial charge in [0.2, 0.25) is 5.91 Å². The highest BCUT2D eigenvalue weighted by Crippen LogP contribution is 2.27. The zero-order chi connectivity index (χ0) is 26.4. The molecule has 0 N–H and O–H groups in total. The van der Waals surface area contributed by atoms with Crippen molar-refractivity contribution in [1.29, 1.82) is 0 Å². The molecule has 1 saturated heterocycles. The molecule has 8 nitrogen and oxygen atoms in total. The fraction of sp³-hybridized carbons (Fsp3) is 0.682. The first-order valence-electron chi connectivity index (χ1n) is 11.5. The minimum absolute atomic E-state index is 0.150. The van der Waals surface area contributed by atoms with Gasteiger partial charge in [-0.25, -0.2) is 16.8 Å². The maximum atomic E-state index is 12.8. The van der Waals surface area contributed by atoms with Gasteiger partial charge >= 0.3 is 15.5 Å². The van der Waals surface area contributed by atoms with E-state index < -0.39 is 37.8 Å². The number of nitrogens with zero attached hydrogens (tertiary/aromatic N) is 3. The third kappa shape index (κ3) is 8.16. The molecule has 1 aromatic carbocycles. The molecule has 200 valence electrons. The van der Waals surface area contributed by atoms with Crippen molar-refractivity contribution in [3.05, 3.63) is 29.8 Å². The van der Waals surface area contributed by atoms with Crippen LogP contribution in [0.5, 0.6) is 0 Å². The predicted molar refractivity (Wildman–Crippen MR) is 127 cm³/mol. The normalized spacial score (nSPS) is 17.6. The van der Waals surface area contributed by atoms with Crippen LogP contribution in [0.2, 0.25) is 0 Å². The number of benzene rings is 1. The van der Waals surface area contributed by atoms with Gasteiger partial charge in [0.15, 0.2) is 9.84 Å². The van der Waals surface area contributed by atoms with Crippen molar-refractivity contribution >= 4 is 25.8 Å². The van der Waals surface area contributed by atoms with Crippen LogP contribution in [0.15, 0.2) is 29.2 Å². The number of amides is 1. The number of carbonyl (C=O) groups is 1. The second-order valence-corrected chi connectivity index (χ2v) is 12.8. The number of sulfone groups is 1. The van der Waals surface area contributed by atoms with E-state index in [1.54, 1.807) is 12.1 Å². The molecule has 1 fully saturated rings. The van der Waals surface area contributed by atoms with Crippen LogP contribution in [0, 0.1) is 0 Å². The van der Waals surface area contributed by atoms with Crippen molar-refractivity contribution in [3.8, 4) is 0 Å². The average Bonchev–Trinajstić information content (AvgIpc) is 2.94. The number of hydrogen-bond acceptors (Lipinski definition) is 6. The molecule has 35 heavy (non-hydrogen) atoms. The Balaban J connectivity index is 1.83. The van der Waals surface area contributed by atoms with E-state index in [-0.39, 0.29) is 34.8 Å². The summed E-state index contributed by atoms with van der Waals surface area (Å²) in [6.07, 6.45) is 3.47. The van der Waals surface area contributed by atoms with Gasteiger partial charge < -0.3 is 9.80 Å². The fourth-order valence-electron chi connectivity index (χ4n) is 4.13. The zero-order valence-electron chi connectivity index (χ0n) is 20.3. The van der Waals surface area contributed by atoms with Gasteiger partial charge in [0.05, 0.1) is 11.4 Å². The number of sulfonamides is 1. The molecule has 1 aliphatic heterocycles. The third-order valence-electron chi connectivity index (χ3n) is 6.17. The van der Waals surface area contributed by atoms with Gasteiger partial charge in [-0.15, -0.1) is 0 Å². The summed E-state index contributed by atoms with van der Waals surface area (Å²) in [4.78, 5) is 16.4. The summed E-state index contributed by atoms with van der Waals surface area (Å²) < 4.78 is 85.2. The topological polar surface area (TPSA) is 95.1 Å². The molecule has 0 aliphatic carbocycles. The summed E-state index contributed by atoms with van der Waals surface area (Å²) in [5.74, 6) is -0.617. The first-order chi connectivity index (χ1) is 16.2. The molecule has 1 unspecified atom stereocenters. The Morgan fingerprint density at radius 3 is 2.23 bits per heavy atom. The van der Waals surface area contributed by atoms with Crippen LogP contribution in [-0.2, 0) is 31.1 Å². The van der Waals surface area contributed by atoms with Crippen LogP contribution in [0.1, 0.15) is 38.7 Å². The minimum atomic E-state index is -5.51. The summed E-state index contributed by atoms with van der Waals surface area (Å²) in [7, 11) is -8.75. The van der Waals surface area contributed by atoms with E-state index in [1.807, 2.05) is 19.1 Å². The van der Waals surface area contributed by atoms with Crippen molar-refractivity contribution in [1.82, 2.24) is 14.1 Å². The second kappa shape index (κ2) is 12.0. The highest BCUT2D eigenvalue weighted by atomic mass is 32.2. The Labute approximate surface area is 206 Å². The molecule has 1 heterocycles. The summed E-state index contributed by atoms with van der Waals surface area (Å²) in [5, 5.41) is 0. The number of alkyl halides is 3. The Bertz CT molecular complexity index is 1060. The van der Waals surface area contributed by atoms with Crippen molar-refractivity contribution in [3.63, 3.8) is 0 Å². The molecule has 0 spiro atoms. The number of carbonyl (C=O) groups excluding carboxylic acids is 1. The smallest absolute Gasteiger partial charge is 0.342 e. The van der Waals surface area contributed by atoms with Gasteiger partial charge in [-0.2, -0.15) is 17.5 Å². The fourth-order valence-corrected chi connectivity index (χ4v) is 5.70. The largest absolute Gasteiger partial charge is 0.511 e. The highest BCUT2D eigenvalue weighted by Gasteiger charge is 2.50. The predicted octanol–water partition coefficient (Wildman–Crippen LogP) is 2.51. The van der Waals surface area contributed by atoms with Crippen LogP contribution in [0.4, 0.5) is 13.2 Å². The number of halogens is 3. The molecule has 2 rings (SSSR count). The Hall–Kier alpha value is -1.70. The minimum Gasteiger partial charge on any atom is -0.342 e. The maximum absolute atomic E-state index is 12.8. The molecule has 0 bridgehead atoms. The first-order valence-corrected chi connectivity index (χ1v) is 14.9. The molecular formula is C22H34F3N3O5S2. The quantitative estimate of drug-likeness (QED) is 0.400. The summed E-state index contributed by atoms with van der Waals surface area (Å²) in [5.41, 5.74) is -4.39. The zero-order valence-corrected chi connectivity index (χ0v) is 21.9. The van der Waals surface area contributed by atoms with Gasteiger partial charge in [-0.1, -0.05) is 19.1 Å². The molecule has 1 amide bonds. The summed E-state index contributed by atoms with van der Waals surface area (Å²) in [6, 6.07) is 7.03. The van der Waals surface area contributed by atoms with Crippen LogP contribution in [0.3, 0.4) is 0 Å². The van der Waals surface area contributed by atoms with Crippen molar-refractivity contribution in [2.75, 3.05) is 45.5 Å². The maximum Gasteiger partial charge on any atom is 0.511 e. The first kappa shape index (κ1) is 29.5. The Morgan fingerprint density at radius 1 is 1.06 bits per heavy atom. The summed E-state index contributed by atoms with van der Waals surface area (Å²) in [6.45, 7) is 5.14. The Morgan fingerprint density at radius 2 is 1.69 bits per heavy atom. The van der Waals surface area contributed by atoms with Crippen molar-refractivity contribution in [2.45, 2.75) is 56.0 Å². The van der Waals surface area contributed by atoms with E-state index >= 15 is 0 Å². The van der Waals surface area contributed by atoms with Crippen LogP contribution in [0.25, 0.3) is 0 Å². The molecule has 0 aromatic heterocycles. The number of rotatable bonds is 11. The van der Waals surface area contributed by atoms with Gasteiger partial charge in [0.1, 0.15) is 0 Å². The average molecular weight is 542 g/mol. The second-order valence-electron chi connectivity index (χ2n) is 8.82. The van der Waals surface area contributed by atoms with Crippen LogP contribution < -0.4 is 0 Å². The van der Waals surface area contributed by atoms with Gasteiger partial charge in [0, 0.05) is 31.9 Å².